The van der Waals surface area contributed by atoms with Crippen LogP contribution in [0.1, 0.15) is 39.3 Å². The van der Waals surface area contributed by atoms with Crippen molar-refractivity contribution >= 4 is 28.1 Å². The second-order valence-corrected chi connectivity index (χ2v) is 8.90. The Balaban J connectivity index is 1.41. The molecular formula is C23H27N3OS. The third kappa shape index (κ3) is 4.42. The molecule has 146 valence electrons. The number of aryl methyl sites for hydroxylation is 2. The van der Waals surface area contributed by atoms with Crippen molar-refractivity contribution in [2.75, 3.05) is 19.6 Å². The number of likely N-dealkylation sites (tertiary alicyclic amines) is 1. The smallest absolute Gasteiger partial charge is 0.252 e. The monoisotopic (exact) mass is 393 g/mol. The predicted molar refractivity (Wildman–Crippen MR) is 116 cm³/mol. The van der Waals surface area contributed by atoms with Crippen LogP contribution in [0.5, 0.6) is 0 Å². The Hall–Kier alpha value is -2.24. The lowest BCUT2D eigenvalue weighted by molar-refractivity contribution is 0.0932. The fraction of sp³-hybridized carbons (Fsp3) is 0.391. The Labute approximate surface area is 170 Å². The molecule has 5 heteroatoms. The predicted octanol–water partition coefficient (Wildman–Crippen LogP) is 4.56. The number of benzene rings is 1. The van der Waals surface area contributed by atoms with Gasteiger partial charge >= 0.3 is 0 Å². The Morgan fingerprint density at radius 2 is 2.18 bits per heavy atom. The quantitative estimate of drug-likeness (QED) is 0.691. The summed E-state index contributed by atoms with van der Waals surface area (Å²) in [6.45, 7) is 7.94. The van der Waals surface area contributed by atoms with E-state index in [1.165, 1.54) is 17.7 Å². The van der Waals surface area contributed by atoms with Crippen molar-refractivity contribution in [3.05, 3.63) is 63.5 Å². The lowest BCUT2D eigenvalue weighted by Gasteiger charge is -2.32. The maximum atomic E-state index is 13.0. The van der Waals surface area contributed by atoms with Crippen molar-refractivity contribution in [1.82, 2.24) is 15.2 Å². The van der Waals surface area contributed by atoms with Crippen LogP contribution in [0.2, 0.25) is 0 Å². The first kappa shape index (κ1) is 19.1. The molecule has 1 unspecified atom stereocenters. The SMILES string of the molecule is Cc1ccc2nc(C)cc(C(=O)NCC3CCCN(Cc4cccs4)C3)c2c1. The number of rotatable bonds is 5. The van der Waals surface area contributed by atoms with Gasteiger partial charge in [0.2, 0.25) is 0 Å². The van der Waals surface area contributed by atoms with Crippen molar-refractivity contribution in [3.63, 3.8) is 0 Å². The summed E-state index contributed by atoms with van der Waals surface area (Å²) in [6, 6.07) is 12.3. The Morgan fingerprint density at radius 3 is 3.00 bits per heavy atom. The zero-order chi connectivity index (χ0) is 19.5. The van der Waals surface area contributed by atoms with E-state index in [1.807, 2.05) is 43.4 Å². The highest BCUT2D eigenvalue weighted by molar-refractivity contribution is 7.09. The summed E-state index contributed by atoms with van der Waals surface area (Å²) in [4.78, 5) is 21.5. The lowest BCUT2D eigenvalue weighted by Crippen LogP contribution is -2.40. The van der Waals surface area contributed by atoms with Gasteiger partial charge in [-0.1, -0.05) is 17.7 Å². The molecule has 28 heavy (non-hydrogen) atoms. The van der Waals surface area contributed by atoms with Crippen molar-refractivity contribution in [3.8, 4) is 0 Å². The van der Waals surface area contributed by atoms with Gasteiger partial charge in [0, 0.05) is 35.6 Å². The number of thiophene rings is 1. The number of hydrogen-bond donors (Lipinski definition) is 1. The molecule has 4 rings (SSSR count). The van der Waals surface area contributed by atoms with Crippen LogP contribution in [-0.2, 0) is 6.54 Å². The van der Waals surface area contributed by atoms with Gasteiger partial charge in [-0.25, -0.2) is 0 Å². The maximum Gasteiger partial charge on any atom is 0.252 e. The number of carbonyl (C=O) groups excluding carboxylic acids is 1. The molecule has 1 aromatic carbocycles. The highest BCUT2D eigenvalue weighted by atomic mass is 32.1. The zero-order valence-electron chi connectivity index (χ0n) is 16.6. The fourth-order valence-electron chi connectivity index (χ4n) is 4.08. The summed E-state index contributed by atoms with van der Waals surface area (Å²) in [7, 11) is 0. The number of carbonyl (C=O) groups is 1. The number of hydrogen-bond acceptors (Lipinski definition) is 4. The highest BCUT2D eigenvalue weighted by Crippen LogP contribution is 2.22. The Morgan fingerprint density at radius 1 is 1.29 bits per heavy atom. The molecule has 0 aliphatic carbocycles. The molecule has 1 N–H and O–H groups in total. The number of pyridine rings is 1. The average molecular weight is 394 g/mol. The van der Waals surface area contributed by atoms with Crippen LogP contribution >= 0.6 is 11.3 Å². The maximum absolute atomic E-state index is 13.0. The summed E-state index contributed by atoms with van der Waals surface area (Å²) < 4.78 is 0. The van der Waals surface area contributed by atoms with E-state index in [0.29, 0.717) is 5.92 Å². The molecule has 0 spiro atoms. The first-order valence-electron chi connectivity index (χ1n) is 9.99. The van der Waals surface area contributed by atoms with Gasteiger partial charge in [0.1, 0.15) is 0 Å². The Kier molecular flexibility index (Phi) is 5.74. The third-order valence-corrected chi connectivity index (χ3v) is 6.31. The van der Waals surface area contributed by atoms with E-state index in [0.717, 1.165) is 53.9 Å². The van der Waals surface area contributed by atoms with Crippen molar-refractivity contribution in [2.45, 2.75) is 33.2 Å². The van der Waals surface area contributed by atoms with Gasteiger partial charge in [-0.15, -0.1) is 11.3 Å². The molecule has 1 atom stereocenters. The molecule has 3 aromatic rings. The molecule has 1 saturated heterocycles. The molecule has 0 saturated carbocycles. The van der Waals surface area contributed by atoms with Gasteiger partial charge in [-0.05, 0) is 68.8 Å². The van der Waals surface area contributed by atoms with Crippen LogP contribution < -0.4 is 5.32 Å². The number of piperidine rings is 1. The fourth-order valence-corrected chi connectivity index (χ4v) is 4.82. The van der Waals surface area contributed by atoms with E-state index in [2.05, 4.69) is 38.8 Å². The van der Waals surface area contributed by atoms with Crippen molar-refractivity contribution < 1.29 is 4.79 Å². The lowest BCUT2D eigenvalue weighted by atomic mass is 9.97. The summed E-state index contributed by atoms with van der Waals surface area (Å²) in [5.74, 6) is 0.519. The van der Waals surface area contributed by atoms with Gasteiger partial charge in [-0.3, -0.25) is 14.7 Å². The highest BCUT2D eigenvalue weighted by Gasteiger charge is 2.21. The van der Waals surface area contributed by atoms with E-state index < -0.39 is 0 Å². The van der Waals surface area contributed by atoms with E-state index >= 15 is 0 Å². The van der Waals surface area contributed by atoms with Crippen LogP contribution in [-0.4, -0.2) is 35.4 Å². The van der Waals surface area contributed by atoms with Crippen LogP contribution in [0.3, 0.4) is 0 Å². The standard InChI is InChI=1S/C23H27N3OS/c1-16-7-8-22-20(11-16)21(12-17(2)25-22)23(27)24-13-18-5-3-9-26(14-18)15-19-6-4-10-28-19/h4,6-8,10-12,18H,3,5,9,13-15H2,1-2H3,(H,24,27). The number of amides is 1. The largest absolute Gasteiger partial charge is 0.352 e. The number of aromatic nitrogens is 1. The van der Waals surface area contributed by atoms with Gasteiger partial charge in [0.15, 0.2) is 0 Å². The summed E-state index contributed by atoms with van der Waals surface area (Å²) >= 11 is 1.82. The third-order valence-electron chi connectivity index (χ3n) is 5.45. The van der Waals surface area contributed by atoms with E-state index in [4.69, 9.17) is 0 Å². The molecule has 1 fully saturated rings. The number of nitrogens with zero attached hydrogens (tertiary/aromatic N) is 2. The summed E-state index contributed by atoms with van der Waals surface area (Å²) in [6.07, 6.45) is 2.37. The van der Waals surface area contributed by atoms with E-state index in [-0.39, 0.29) is 5.91 Å². The minimum atomic E-state index is 0.0106. The van der Waals surface area contributed by atoms with Crippen LogP contribution in [0.15, 0.2) is 41.8 Å². The van der Waals surface area contributed by atoms with Crippen LogP contribution in [0.25, 0.3) is 10.9 Å². The van der Waals surface area contributed by atoms with Gasteiger partial charge in [0.05, 0.1) is 11.1 Å². The average Bonchev–Trinajstić information content (AvgIpc) is 3.19. The number of nitrogens with one attached hydrogen (secondary N) is 1. The molecule has 0 bridgehead atoms. The van der Waals surface area contributed by atoms with Crippen molar-refractivity contribution in [2.24, 2.45) is 5.92 Å². The minimum absolute atomic E-state index is 0.0106. The molecule has 1 amide bonds. The van der Waals surface area contributed by atoms with Crippen LogP contribution in [0, 0.1) is 19.8 Å². The molecule has 2 aromatic heterocycles. The first-order valence-corrected chi connectivity index (χ1v) is 10.9. The van der Waals surface area contributed by atoms with Gasteiger partial charge in [-0.2, -0.15) is 0 Å². The second kappa shape index (κ2) is 8.41. The van der Waals surface area contributed by atoms with E-state index in [9.17, 15) is 4.79 Å². The van der Waals surface area contributed by atoms with Gasteiger partial charge < -0.3 is 5.32 Å². The zero-order valence-corrected chi connectivity index (χ0v) is 17.4. The van der Waals surface area contributed by atoms with Crippen LogP contribution in [0.4, 0.5) is 0 Å². The molecule has 3 heterocycles. The second-order valence-electron chi connectivity index (χ2n) is 7.86. The van der Waals surface area contributed by atoms with Crippen molar-refractivity contribution in [1.29, 1.82) is 0 Å². The molecule has 1 aliphatic heterocycles. The molecular weight excluding hydrogens is 366 g/mol. The Bertz CT molecular complexity index is 967. The normalized spacial score (nSPS) is 17.7. The molecule has 0 radical (unpaired) electrons. The molecule has 1 aliphatic rings. The van der Waals surface area contributed by atoms with Gasteiger partial charge in [0.25, 0.3) is 5.91 Å². The topological polar surface area (TPSA) is 45.2 Å². The number of fused-ring (bicyclic) bond motifs is 1. The minimum Gasteiger partial charge on any atom is -0.352 e. The van der Waals surface area contributed by atoms with E-state index in [1.54, 1.807) is 0 Å². The molecule has 4 nitrogen and oxygen atoms in total. The first-order chi connectivity index (χ1) is 13.6. The summed E-state index contributed by atoms with van der Waals surface area (Å²) in [5.41, 5.74) is 3.64. The summed E-state index contributed by atoms with van der Waals surface area (Å²) in [5, 5.41) is 6.27.